The molecule has 0 heteroatoms. The van der Waals surface area contributed by atoms with Gasteiger partial charge in [-0.25, -0.2) is 0 Å². The highest BCUT2D eigenvalue weighted by molar-refractivity contribution is 6.28. The zero-order chi connectivity index (χ0) is 37.9. The fraction of sp³-hybridized carbons (Fsp3) is 0. The van der Waals surface area contributed by atoms with Gasteiger partial charge in [-0.05, 0) is 149 Å². The summed E-state index contributed by atoms with van der Waals surface area (Å²) in [4.78, 5) is 0. The summed E-state index contributed by atoms with van der Waals surface area (Å²) in [6.07, 6.45) is 0. The zero-order valence-corrected chi connectivity index (χ0v) is 31.6. The van der Waals surface area contributed by atoms with Crippen LogP contribution >= 0.6 is 0 Å². The quantitative estimate of drug-likeness (QED) is 0.158. The molecule has 0 atom stereocenters. The summed E-state index contributed by atoms with van der Waals surface area (Å²) < 4.78 is 0. The maximum Gasteiger partial charge on any atom is -0.00206 e. The first-order valence-electron chi connectivity index (χ1n) is 20.2. The van der Waals surface area contributed by atoms with Gasteiger partial charge in [0.15, 0.2) is 0 Å². The number of fused-ring (bicyclic) bond motifs is 2. The molecule has 13 aromatic carbocycles. The van der Waals surface area contributed by atoms with Crippen LogP contribution in [0.1, 0.15) is 0 Å². The lowest BCUT2D eigenvalue weighted by Gasteiger charge is -2.21. The molecule has 0 bridgehead atoms. The second-order valence-electron chi connectivity index (χ2n) is 16.0. The van der Waals surface area contributed by atoms with Crippen LogP contribution in [-0.4, -0.2) is 0 Å². The van der Waals surface area contributed by atoms with Crippen molar-refractivity contribution in [1.82, 2.24) is 0 Å². The van der Waals surface area contributed by atoms with Gasteiger partial charge >= 0.3 is 0 Å². The summed E-state index contributed by atoms with van der Waals surface area (Å²) in [5, 5.41) is 20.7. The summed E-state index contributed by atoms with van der Waals surface area (Å²) in [5.41, 5.74) is 9.91. The van der Waals surface area contributed by atoms with Crippen LogP contribution in [0.4, 0.5) is 0 Å². The van der Waals surface area contributed by atoms with Gasteiger partial charge in [-0.1, -0.05) is 188 Å². The molecule has 0 aliphatic rings. The number of hydrogen-bond donors (Lipinski definition) is 0. The smallest absolute Gasteiger partial charge is 0.00206 e. The van der Waals surface area contributed by atoms with Gasteiger partial charge in [0.2, 0.25) is 0 Å². The molecule has 13 rings (SSSR count). The van der Waals surface area contributed by atoms with Crippen molar-refractivity contribution in [1.29, 1.82) is 0 Å². The van der Waals surface area contributed by atoms with Crippen LogP contribution in [0.15, 0.2) is 206 Å². The molecule has 0 heterocycles. The molecular formula is C58H34. The molecule has 0 aromatic heterocycles. The average molecular weight is 731 g/mol. The number of benzene rings is 13. The molecule has 0 N–H and O–H groups in total. The van der Waals surface area contributed by atoms with E-state index in [9.17, 15) is 0 Å². The van der Waals surface area contributed by atoms with Crippen molar-refractivity contribution < 1.29 is 0 Å². The minimum Gasteiger partial charge on any atom is -0.0616 e. The lowest BCUT2D eigenvalue weighted by atomic mass is 9.82. The third-order valence-electron chi connectivity index (χ3n) is 12.9. The van der Waals surface area contributed by atoms with E-state index in [0.717, 1.165) is 0 Å². The molecule has 0 radical (unpaired) electrons. The Morgan fingerprint density at radius 2 is 0.655 bits per heavy atom. The Morgan fingerprint density at radius 3 is 1.34 bits per heavy atom. The Hall–Kier alpha value is -7.54. The summed E-state index contributed by atoms with van der Waals surface area (Å²) in [6.45, 7) is 0. The summed E-state index contributed by atoms with van der Waals surface area (Å²) >= 11 is 0. The van der Waals surface area contributed by atoms with Crippen molar-refractivity contribution in [2.24, 2.45) is 0 Å². The second kappa shape index (κ2) is 12.0. The number of rotatable bonds is 4. The van der Waals surface area contributed by atoms with Crippen molar-refractivity contribution >= 4 is 86.2 Å². The van der Waals surface area contributed by atoms with Crippen LogP contribution in [0.3, 0.4) is 0 Å². The van der Waals surface area contributed by atoms with E-state index in [1.165, 1.54) is 131 Å². The molecular weight excluding hydrogens is 697 g/mol. The van der Waals surface area contributed by atoms with Crippen molar-refractivity contribution in [2.75, 3.05) is 0 Å². The van der Waals surface area contributed by atoms with Crippen LogP contribution in [-0.2, 0) is 0 Å². The molecule has 0 fully saturated rings. The van der Waals surface area contributed by atoms with E-state index >= 15 is 0 Å². The first kappa shape index (κ1) is 31.6. The highest BCUT2D eigenvalue weighted by atomic mass is 14.2. The van der Waals surface area contributed by atoms with E-state index in [-0.39, 0.29) is 0 Å². The van der Waals surface area contributed by atoms with Crippen molar-refractivity contribution in [3.8, 4) is 44.5 Å². The van der Waals surface area contributed by atoms with Crippen LogP contribution < -0.4 is 0 Å². The lowest BCUT2D eigenvalue weighted by molar-refractivity contribution is 1.60. The summed E-state index contributed by atoms with van der Waals surface area (Å²) in [7, 11) is 0. The van der Waals surface area contributed by atoms with Gasteiger partial charge in [-0.3, -0.25) is 0 Å². The van der Waals surface area contributed by atoms with E-state index in [4.69, 9.17) is 0 Å². The van der Waals surface area contributed by atoms with E-state index in [2.05, 4.69) is 206 Å². The molecule has 13 aromatic rings. The topological polar surface area (TPSA) is 0 Å². The van der Waals surface area contributed by atoms with Crippen LogP contribution in [0.2, 0.25) is 0 Å². The van der Waals surface area contributed by atoms with Crippen molar-refractivity contribution in [2.45, 2.75) is 0 Å². The molecule has 0 unspecified atom stereocenters. The van der Waals surface area contributed by atoms with Gasteiger partial charge in [0, 0.05) is 0 Å². The highest BCUT2D eigenvalue weighted by Crippen LogP contribution is 2.48. The standard InChI is InChI=1S/C58H34/c1-2-9-42-32-44(23-18-35(42)8-1)52-34-53(48-29-25-41-22-20-37-11-6-13-39-27-31-51(48)58(41)55(37)39)47-16-3-4-17-49(47)56(52)45-15-7-14-43(33-45)46-28-24-40-21-19-36-10-5-12-38-26-30-50(46)57(40)54(36)38/h1-34H. The molecule has 0 spiro atoms. The van der Waals surface area contributed by atoms with E-state index < -0.39 is 0 Å². The maximum absolute atomic E-state index is 2.48. The highest BCUT2D eigenvalue weighted by Gasteiger charge is 2.21. The predicted molar refractivity (Wildman–Crippen MR) is 251 cm³/mol. The largest absolute Gasteiger partial charge is 0.0616 e. The fourth-order valence-corrected chi connectivity index (χ4v) is 10.3. The molecule has 0 aliphatic carbocycles. The maximum atomic E-state index is 2.48. The first-order valence-corrected chi connectivity index (χ1v) is 20.2. The molecule has 0 saturated heterocycles. The Kier molecular flexibility index (Phi) is 6.54. The van der Waals surface area contributed by atoms with E-state index in [1.807, 2.05) is 0 Å². The minimum absolute atomic E-state index is 1.21. The average Bonchev–Trinajstić information content (AvgIpc) is 3.29. The van der Waals surface area contributed by atoms with Crippen molar-refractivity contribution in [3.05, 3.63) is 206 Å². The monoisotopic (exact) mass is 730 g/mol. The molecule has 0 amide bonds. The Morgan fingerprint density at radius 1 is 0.190 bits per heavy atom. The van der Waals surface area contributed by atoms with Crippen LogP contribution in [0.5, 0.6) is 0 Å². The molecule has 0 saturated carbocycles. The molecule has 266 valence electrons. The minimum atomic E-state index is 1.21. The lowest BCUT2D eigenvalue weighted by Crippen LogP contribution is -1.94. The van der Waals surface area contributed by atoms with Gasteiger partial charge < -0.3 is 0 Å². The van der Waals surface area contributed by atoms with E-state index in [0.29, 0.717) is 0 Å². The van der Waals surface area contributed by atoms with Crippen LogP contribution in [0, 0.1) is 0 Å². The normalized spacial score (nSPS) is 12.1. The molecule has 0 nitrogen and oxygen atoms in total. The Balaban J connectivity index is 1.10. The SMILES string of the molecule is c1cc(-c2c(-c3ccc4ccccc4c3)cc(-c3ccc4ccc5cccc6ccc3c4c56)c3ccccc23)cc(-c2ccc3ccc4cccc5ccc2c3c45)c1. The fourth-order valence-electron chi connectivity index (χ4n) is 10.3. The Bertz CT molecular complexity index is 3760. The van der Waals surface area contributed by atoms with Gasteiger partial charge in [0.1, 0.15) is 0 Å². The van der Waals surface area contributed by atoms with Gasteiger partial charge in [-0.2, -0.15) is 0 Å². The van der Waals surface area contributed by atoms with Gasteiger partial charge in [-0.15, -0.1) is 0 Å². The Labute approximate surface area is 335 Å². The summed E-state index contributed by atoms with van der Waals surface area (Å²) in [5.74, 6) is 0. The first-order chi connectivity index (χ1) is 28.7. The third-order valence-corrected chi connectivity index (χ3v) is 12.9. The predicted octanol–water partition coefficient (Wildman–Crippen LogP) is 16.5. The molecule has 0 aliphatic heterocycles. The number of hydrogen-bond acceptors (Lipinski definition) is 0. The van der Waals surface area contributed by atoms with Gasteiger partial charge in [0.05, 0.1) is 0 Å². The van der Waals surface area contributed by atoms with Crippen molar-refractivity contribution in [3.63, 3.8) is 0 Å². The molecule has 58 heavy (non-hydrogen) atoms. The van der Waals surface area contributed by atoms with Gasteiger partial charge in [0.25, 0.3) is 0 Å². The summed E-state index contributed by atoms with van der Waals surface area (Å²) in [6, 6.07) is 77.4. The van der Waals surface area contributed by atoms with Crippen LogP contribution in [0.25, 0.3) is 131 Å². The third kappa shape index (κ3) is 4.52. The van der Waals surface area contributed by atoms with E-state index in [1.54, 1.807) is 0 Å². The zero-order valence-electron chi connectivity index (χ0n) is 31.6. The second-order valence-corrected chi connectivity index (χ2v) is 16.0.